The second-order valence-corrected chi connectivity index (χ2v) is 4.39. The predicted octanol–water partition coefficient (Wildman–Crippen LogP) is 2.52. The number of hydrogen-bond donors (Lipinski definition) is 2. The molecule has 3 N–H and O–H groups in total. The van der Waals surface area contributed by atoms with Crippen LogP contribution in [-0.4, -0.2) is 13.7 Å². The van der Waals surface area contributed by atoms with Crippen molar-refractivity contribution in [1.29, 1.82) is 0 Å². The lowest BCUT2D eigenvalue weighted by Crippen LogP contribution is -2.33. The Bertz CT molecular complexity index is 320. The molecular formula is C12H19ClN2O. The Morgan fingerprint density at radius 2 is 2.25 bits per heavy atom. The lowest BCUT2D eigenvalue weighted by molar-refractivity contribution is 0.170. The summed E-state index contributed by atoms with van der Waals surface area (Å²) in [5.74, 6) is 5.99. The molecule has 0 amide bonds. The van der Waals surface area contributed by atoms with E-state index in [4.69, 9.17) is 22.2 Å². The summed E-state index contributed by atoms with van der Waals surface area (Å²) in [7, 11) is 1.71. The predicted molar refractivity (Wildman–Crippen MR) is 67.2 cm³/mol. The van der Waals surface area contributed by atoms with Crippen molar-refractivity contribution in [3.63, 3.8) is 0 Å². The van der Waals surface area contributed by atoms with Gasteiger partial charge in [0.05, 0.1) is 0 Å². The van der Waals surface area contributed by atoms with Crippen molar-refractivity contribution in [2.45, 2.75) is 19.4 Å². The van der Waals surface area contributed by atoms with Crippen LogP contribution in [0.1, 0.15) is 24.9 Å². The highest BCUT2D eigenvalue weighted by atomic mass is 35.5. The van der Waals surface area contributed by atoms with Crippen molar-refractivity contribution in [2.24, 2.45) is 11.8 Å². The first-order valence-electron chi connectivity index (χ1n) is 5.39. The molecule has 0 heterocycles. The van der Waals surface area contributed by atoms with Crippen molar-refractivity contribution in [3.8, 4) is 0 Å². The first-order valence-corrected chi connectivity index (χ1v) is 5.77. The summed E-state index contributed by atoms with van der Waals surface area (Å²) in [6.07, 6.45) is 0.956. The molecule has 4 heteroatoms. The number of nitrogens with two attached hydrogens (primary N) is 1. The highest BCUT2D eigenvalue weighted by Gasteiger charge is 2.17. The van der Waals surface area contributed by atoms with E-state index < -0.39 is 0 Å². The van der Waals surface area contributed by atoms with Gasteiger partial charge in [-0.3, -0.25) is 11.3 Å². The zero-order valence-electron chi connectivity index (χ0n) is 9.74. The Labute approximate surface area is 102 Å². The highest BCUT2D eigenvalue weighted by molar-refractivity contribution is 6.30. The van der Waals surface area contributed by atoms with Crippen molar-refractivity contribution < 1.29 is 4.74 Å². The van der Waals surface area contributed by atoms with Crippen molar-refractivity contribution in [3.05, 3.63) is 34.9 Å². The minimum Gasteiger partial charge on any atom is -0.385 e. The first kappa shape index (κ1) is 13.5. The molecule has 0 saturated carbocycles. The highest BCUT2D eigenvalue weighted by Crippen LogP contribution is 2.25. The van der Waals surface area contributed by atoms with Gasteiger partial charge in [0.1, 0.15) is 0 Å². The second-order valence-electron chi connectivity index (χ2n) is 3.96. The van der Waals surface area contributed by atoms with E-state index >= 15 is 0 Å². The first-order chi connectivity index (χ1) is 7.69. The van der Waals surface area contributed by atoms with Crippen LogP contribution in [-0.2, 0) is 4.74 Å². The summed E-state index contributed by atoms with van der Waals surface area (Å²) in [5.41, 5.74) is 3.95. The molecule has 0 fully saturated rings. The van der Waals surface area contributed by atoms with Gasteiger partial charge in [0.25, 0.3) is 0 Å². The monoisotopic (exact) mass is 242 g/mol. The maximum absolute atomic E-state index is 5.96. The average molecular weight is 243 g/mol. The van der Waals surface area contributed by atoms with Crippen LogP contribution in [0, 0.1) is 5.92 Å². The molecule has 16 heavy (non-hydrogen) atoms. The van der Waals surface area contributed by atoms with E-state index in [1.807, 2.05) is 24.3 Å². The van der Waals surface area contributed by atoms with E-state index in [2.05, 4.69) is 12.3 Å². The molecule has 0 aliphatic heterocycles. The summed E-state index contributed by atoms with van der Waals surface area (Å²) in [6.45, 7) is 2.88. The van der Waals surface area contributed by atoms with Crippen LogP contribution in [0.5, 0.6) is 0 Å². The lowest BCUT2D eigenvalue weighted by atomic mass is 9.93. The zero-order chi connectivity index (χ0) is 12.0. The number of methoxy groups -OCH3 is 1. The number of rotatable bonds is 6. The summed E-state index contributed by atoms with van der Waals surface area (Å²) < 4.78 is 5.07. The lowest BCUT2D eigenvalue weighted by Gasteiger charge is -2.23. The fourth-order valence-electron chi connectivity index (χ4n) is 1.76. The van der Waals surface area contributed by atoms with Gasteiger partial charge in [0, 0.05) is 24.8 Å². The van der Waals surface area contributed by atoms with Crippen LogP contribution in [0.3, 0.4) is 0 Å². The van der Waals surface area contributed by atoms with Crippen LogP contribution in [0.4, 0.5) is 0 Å². The normalized spacial score (nSPS) is 14.8. The summed E-state index contributed by atoms with van der Waals surface area (Å²) >= 11 is 5.96. The Morgan fingerprint density at radius 3 is 2.81 bits per heavy atom. The Kier molecular flexibility index (Phi) is 5.77. The molecule has 1 aromatic rings. The number of benzene rings is 1. The molecule has 3 nitrogen and oxygen atoms in total. The number of halogens is 1. The van der Waals surface area contributed by atoms with Gasteiger partial charge in [-0.25, -0.2) is 0 Å². The van der Waals surface area contributed by atoms with Crippen molar-refractivity contribution in [2.75, 3.05) is 13.7 Å². The fraction of sp³-hybridized carbons (Fsp3) is 0.500. The quantitative estimate of drug-likeness (QED) is 0.595. The third-order valence-corrected chi connectivity index (χ3v) is 2.97. The van der Waals surface area contributed by atoms with Crippen LogP contribution < -0.4 is 11.3 Å². The summed E-state index contributed by atoms with van der Waals surface area (Å²) in [5, 5.41) is 0.733. The molecule has 1 rings (SSSR count). The molecule has 0 aliphatic carbocycles. The molecule has 1 aromatic carbocycles. The Morgan fingerprint density at radius 1 is 1.50 bits per heavy atom. The maximum atomic E-state index is 5.96. The van der Waals surface area contributed by atoms with Gasteiger partial charge in [-0.15, -0.1) is 0 Å². The van der Waals surface area contributed by atoms with Crippen LogP contribution in [0.2, 0.25) is 5.02 Å². The molecule has 0 aliphatic rings. The largest absolute Gasteiger partial charge is 0.385 e. The van der Waals surface area contributed by atoms with Gasteiger partial charge in [-0.1, -0.05) is 30.7 Å². The van der Waals surface area contributed by atoms with Crippen LogP contribution in [0.15, 0.2) is 24.3 Å². The van der Waals surface area contributed by atoms with E-state index in [0.29, 0.717) is 5.92 Å². The molecule has 2 unspecified atom stereocenters. The van der Waals surface area contributed by atoms with Crippen molar-refractivity contribution in [1.82, 2.24) is 5.43 Å². The molecule has 0 saturated heterocycles. The molecule has 0 spiro atoms. The molecule has 0 radical (unpaired) electrons. The van der Waals surface area contributed by atoms with E-state index in [9.17, 15) is 0 Å². The van der Waals surface area contributed by atoms with Gasteiger partial charge in [-0.05, 0) is 30.0 Å². The Hall–Kier alpha value is -0.610. The average Bonchev–Trinajstić information content (AvgIpc) is 2.27. The molecule has 90 valence electrons. The van der Waals surface area contributed by atoms with E-state index in [0.717, 1.165) is 23.6 Å². The summed E-state index contributed by atoms with van der Waals surface area (Å²) in [4.78, 5) is 0. The van der Waals surface area contributed by atoms with Gasteiger partial charge in [0.2, 0.25) is 0 Å². The standard InChI is InChI=1S/C12H19ClN2O/c1-9(6-7-16-2)12(15-14)10-4-3-5-11(13)8-10/h3-5,8-9,12,15H,6-7,14H2,1-2H3. The van der Waals surface area contributed by atoms with Crippen LogP contribution in [0.25, 0.3) is 0 Å². The van der Waals surface area contributed by atoms with E-state index in [-0.39, 0.29) is 6.04 Å². The van der Waals surface area contributed by atoms with Gasteiger partial charge >= 0.3 is 0 Å². The van der Waals surface area contributed by atoms with E-state index in [1.54, 1.807) is 7.11 Å². The molecular weight excluding hydrogens is 224 g/mol. The maximum Gasteiger partial charge on any atom is 0.0486 e. The minimum atomic E-state index is 0.105. The molecule has 2 atom stereocenters. The third-order valence-electron chi connectivity index (χ3n) is 2.73. The number of nitrogens with one attached hydrogen (secondary N) is 1. The Balaban J connectivity index is 2.73. The second kappa shape index (κ2) is 6.86. The molecule has 0 aromatic heterocycles. The van der Waals surface area contributed by atoms with Crippen molar-refractivity contribution >= 4 is 11.6 Å². The summed E-state index contributed by atoms with van der Waals surface area (Å²) in [6, 6.07) is 7.87. The zero-order valence-corrected chi connectivity index (χ0v) is 10.5. The number of ether oxygens (including phenoxy) is 1. The number of hydrazine groups is 1. The third kappa shape index (κ3) is 3.76. The van der Waals surface area contributed by atoms with E-state index in [1.165, 1.54) is 0 Å². The molecule has 0 bridgehead atoms. The topological polar surface area (TPSA) is 47.3 Å². The minimum absolute atomic E-state index is 0.105. The number of hydrogen-bond acceptors (Lipinski definition) is 3. The van der Waals surface area contributed by atoms with Gasteiger partial charge in [0.15, 0.2) is 0 Å². The smallest absolute Gasteiger partial charge is 0.0486 e. The SMILES string of the molecule is COCCC(C)C(NN)c1cccc(Cl)c1. The van der Waals surface area contributed by atoms with Gasteiger partial charge in [-0.2, -0.15) is 0 Å². The fourth-order valence-corrected chi connectivity index (χ4v) is 1.96. The van der Waals surface area contributed by atoms with Crippen LogP contribution >= 0.6 is 11.6 Å². The van der Waals surface area contributed by atoms with Gasteiger partial charge < -0.3 is 4.74 Å².